The third-order valence-corrected chi connectivity index (χ3v) is 8.30. The van der Waals surface area contributed by atoms with Gasteiger partial charge in [0.15, 0.2) is 0 Å². The summed E-state index contributed by atoms with van der Waals surface area (Å²) < 4.78 is 9.70. The second-order valence-electron chi connectivity index (χ2n) is 11.1. The largest absolute Gasteiger partial charge is 0.467 e. The SMILES string of the molecule is Cc1ccc2c(c1)c(-n1cccc1)c1n2CC(C)(C(=O)NC2CCC(C)CC2)N(Cc2ccco2)C1=O. The highest BCUT2D eigenvalue weighted by Gasteiger charge is 2.49. The maximum Gasteiger partial charge on any atom is 0.274 e. The molecule has 1 aliphatic heterocycles. The molecule has 0 saturated heterocycles. The first-order valence-corrected chi connectivity index (χ1v) is 13.3. The molecule has 1 atom stereocenters. The predicted octanol–water partition coefficient (Wildman–Crippen LogP) is 5.44. The monoisotopic (exact) mass is 498 g/mol. The molecule has 4 heterocycles. The Balaban J connectivity index is 1.48. The Kier molecular flexibility index (Phi) is 5.74. The molecule has 7 nitrogen and oxygen atoms in total. The number of rotatable bonds is 5. The number of furan rings is 1. The van der Waals surface area contributed by atoms with Crippen LogP contribution in [0.15, 0.2) is 65.5 Å². The van der Waals surface area contributed by atoms with Gasteiger partial charge in [-0.1, -0.05) is 18.6 Å². The molecule has 0 bridgehead atoms. The Labute approximate surface area is 217 Å². The number of carbonyl (C=O) groups is 2. The standard InChI is InChI=1S/C30H34N4O3/c1-20-8-11-22(12-9-20)31-29(36)30(3)19-33-25-13-10-21(2)17-24(25)26(32-14-4-5-15-32)27(33)28(35)34(30)18-23-7-6-16-37-23/h4-7,10,13-17,20,22H,8-9,11-12,18-19H2,1-3H3,(H,31,36). The number of carbonyl (C=O) groups excluding carboxylic acids is 2. The first-order chi connectivity index (χ1) is 17.8. The smallest absolute Gasteiger partial charge is 0.274 e. The van der Waals surface area contributed by atoms with Crippen LogP contribution in [0.4, 0.5) is 0 Å². The highest BCUT2D eigenvalue weighted by Crippen LogP contribution is 2.39. The van der Waals surface area contributed by atoms with Crippen LogP contribution in [-0.4, -0.2) is 37.4 Å². The molecule has 4 aromatic rings. The van der Waals surface area contributed by atoms with E-state index in [1.165, 1.54) is 0 Å². The van der Waals surface area contributed by atoms with Crippen molar-refractivity contribution in [2.75, 3.05) is 0 Å². The predicted molar refractivity (Wildman–Crippen MR) is 143 cm³/mol. The fourth-order valence-electron chi connectivity index (χ4n) is 6.07. The highest BCUT2D eigenvalue weighted by atomic mass is 16.3. The molecule has 0 radical (unpaired) electrons. The van der Waals surface area contributed by atoms with Gasteiger partial charge in [0.25, 0.3) is 5.91 Å². The zero-order valence-corrected chi connectivity index (χ0v) is 21.7. The summed E-state index contributed by atoms with van der Waals surface area (Å²) in [5, 5.41) is 4.32. The van der Waals surface area contributed by atoms with Gasteiger partial charge in [-0.15, -0.1) is 0 Å². The lowest BCUT2D eigenvalue weighted by Crippen LogP contribution is -2.64. The number of hydrogen-bond donors (Lipinski definition) is 1. The van der Waals surface area contributed by atoms with E-state index in [1.807, 2.05) is 52.7 Å². The Bertz CT molecular complexity index is 1440. The summed E-state index contributed by atoms with van der Waals surface area (Å²) >= 11 is 0. The minimum atomic E-state index is -1.08. The van der Waals surface area contributed by atoms with E-state index < -0.39 is 5.54 Å². The Morgan fingerprint density at radius 3 is 2.57 bits per heavy atom. The molecule has 192 valence electrons. The first-order valence-electron chi connectivity index (χ1n) is 13.3. The van der Waals surface area contributed by atoms with Crippen LogP contribution in [0.5, 0.6) is 0 Å². The van der Waals surface area contributed by atoms with Crippen LogP contribution < -0.4 is 5.32 Å². The normalized spacial score (nSPS) is 23.9. The minimum Gasteiger partial charge on any atom is -0.467 e. The van der Waals surface area contributed by atoms with Crippen LogP contribution in [0.25, 0.3) is 16.6 Å². The fourth-order valence-corrected chi connectivity index (χ4v) is 6.07. The third kappa shape index (κ3) is 3.97. The van der Waals surface area contributed by atoms with E-state index in [4.69, 9.17) is 4.42 Å². The molecular weight excluding hydrogens is 464 g/mol. The lowest BCUT2D eigenvalue weighted by Gasteiger charge is -2.44. The molecule has 7 heteroatoms. The van der Waals surface area contributed by atoms with E-state index in [0.717, 1.165) is 47.8 Å². The zero-order valence-electron chi connectivity index (χ0n) is 21.7. The van der Waals surface area contributed by atoms with Crippen LogP contribution in [-0.2, 0) is 17.9 Å². The molecule has 37 heavy (non-hydrogen) atoms. The van der Waals surface area contributed by atoms with E-state index in [1.54, 1.807) is 11.2 Å². The number of nitrogens with one attached hydrogen (secondary N) is 1. The second kappa shape index (κ2) is 8.98. The number of aromatic nitrogens is 2. The lowest BCUT2D eigenvalue weighted by atomic mass is 9.86. The molecule has 1 aliphatic carbocycles. The van der Waals surface area contributed by atoms with Crippen molar-refractivity contribution in [1.82, 2.24) is 19.4 Å². The molecule has 1 saturated carbocycles. The van der Waals surface area contributed by atoms with Crippen molar-refractivity contribution in [1.29, 1.82) is 0 Å². The minimum absolute atomic E-state index is 0.103. The molecule has 2 aliphatic rings. The summed E-state index contributed by atoms with van der Waals surface area (Å²) in [5.41, 5.74) is 2.45. The lowest BCUT2D eigenvalue weighted by molar-refractivity contribution is -0.134. The first kappa shape index (κ1) is 23.6. The van der Waals surface area contributed by atoms with Crippen LogP contribution in [0.3, 0.4) is 0 Å². The molecule has 1 N–H and O–H groups in total. The van der Waals surface area contributed by atoms with Crippen LogP contribution in [0.1, 0.15) is 61.3 Å². The Morgan fingerprint density at radius 2 is 1.86 bits per heavy atom. The van der Waals surface area contributed by atoms with E-state index in [-0.39, 0.29) is 24.4 Å². The van der Waals surface area contributed by atoms with Gasteiger partial charge < -0.3 is 23.8 Å². The molecule has 1 unspecified atom stereocenters. The molecule has 0 spiro atoms. The summed E-state index contributed by atoms with van der Waals surface area (Å²) in [6, 6.07) is 14.0. The van der Waals surface area contributed by atoms with Gasteiger partial charge >= 0.3 is 0 Å². The number of nitrogens with zero attached hydrogens (tertiary/aromatic N) is 3. The Hall–Kier alpha value is -3.74. The number of benzene rings is 1. The number of hydrogen-bond acceptors (Lipinski definition) is 3. The molecular formula is C30H34N4O3. The van der Waals surface area contributed by atoms with Gasteiger partial charge in [-0.2, -0.15) is 0 Å². The molecule has 1 fully saturated rings. The number of amides is 2. The summed E-state index contributed by atoms with van der Waals surface area (Å²) in [7, 11) is 0. The van der Waals surface area contributed by atoms with Gasteiger partial charge in [0.05, 0.1) is 30.6 Å². The van der Waals surface area contributed by atoms with Gasteiger partial charge in [-0.25, -0.2) is 0 Å². The Morgan fingerprint density at radius 1 is 1.11 bits per heavy atom. The van der Waals surface area contributed by atoms with E-state index in [0.29, 0.717) is 23.9 Å². The van der Waals surface area contributed by atoms with Gasteiger partial charge in [0, 0.05) is 23.8 Å². The van der Waals surface area contributed by atoms with Gasteiger partial charge in [-0.3, -0.25) is 9.59 Å². The fraction of sp³-hybridized carbons (Fsp3) is 0.400. The summed E-state index contributed by atoms with van der Waals surface area (Å²) in [6.45, 7) is 6.82. The summed E-state index contributed by atoms with van der Waals surface area (Å²) in [5.74, 6) is 1.07. The van der Waals surface area contributed by atoms with Crippen molar-refractivity contribution in [3.63, 3.8) is 0 Å². The van der Waals surface area contributed by atoms with Crippen molar-refractivity contribution in [3.8, 4) is 5.69 Å². The second-order valence-corrected chi connectivity index (χ2v) is 11.1. The molecule has 1 aromatic carbocycles. The molecule has 6 rings (SSSR count). The van der Waals surface area contributed by atoms with Crippen LogP contribution in [0, 0.1) is 12.8 Å². The van der Waals surface area contributed by atoms with E-state index in [2.05, 4.69) is 37.4 Å². The van der Waals surface area contributed by atoms with E-state index in [9.17, 15) is 9.59 Å². The maximum absolute atomic E-state index is 14.4. The van der Waals surface area contributed by atoms with Crippen molar-refractivity contribution in [2.45, 2.75) is 71.1 Å². The van der Waals surface area contributed by atoms with E-state index >= 15 is 0 Å². The zero-order chi connectivity index (χ0) is 25.7. The molecule has 2 amide bonds. The highest BCUT2D eigenvalue weighted by molar-refractivity contribution is 6.09. The average Bonchev–Trinajstić information content (AvgIpc) is 3.64. The molecule has 3 aromatic heterocycles. The van der Waals surface area contributed by atoms with Gasteiger partial charge in [0.1, 0.15) is 17.0 Å². The topological polar surface area (TPSA) is 72.4 Å². The van der Waals surface area contributed by atoms with Crippen molar-refractivity contribution in [3.05, 3.63) is 78.1 Å². The van der Waals surface area contributed by atoms with Gasteiger partial charge in [0.2, 0.25) is 5.91 Å². The average molecular weight is 499 g/mol. The maximum atomic E-state index is 14.4. The van der Waals surface area contributed by atoms with Crippen molar-refractivity contribution >= 4 is 22.7 Å². The number of fused-ring (bicyclic) bond motifs is 3. The quantitative estimate of drug-likeness (QED) is 0.398. The summed E-state index contributed by atoms with van der Waals surface area (Å²) in [6.07, 6.45) is 9.72. The van der Waals surface area contributed by atoms with Crippen LogP contribution in [0.2, 0.25) is 0 Å². The third-order valence-electron chi connectivity index (χ3n) is 8.30. The number of aryl methyl sites for hydroxylation is 1. The van der Waals surface area contributed by atoms with Crippen LogP contribution >= 0.6 is 0 Å². The van der Waals surface area contributed by atoms with Gasteiger partial charge in [-0.05, 0) is 81.8 Å². The van der Waals surface area contributed by atoms with Crippen molar-refractivity contribution in [2.24, 2.45) is 5.92 Å². The van der Waals surface area contributed by atoms with Crippen molar-refractivity contribution < 1.29 is 14.0 Å². The summed E-state index contributed by atoms with van der Waals surface area (Å²) in [4.78, 5) is 30.2.